The molecule has 5 heteroatoms. The van der Waals surface area contributed by atoms with E-state index in [1.807, 2.05) is 26.0 Å². The molecule has 0 atom stereocenters. The first-order chi connectivity index (χ1) is 8.88. The van der Waals surface area contributed by atoms with Crippen molar-refractivity contribution < 1.29 is 8.42 Å². The topological polar surface area (TPSA) is 46.2 Å². The number of aryl methyl sites for hydroxylation is 2. The first-order valence-electron chi connectivity index (χ1n) is 5.74. The lowest BCUT2D eigenvalue weighted by Crippen LogP contribution is -2.13. The van der Waals surface area contributed by atoms with Gasteiger partial charge in [-0.05, 0) is 66.3 Å². The monoisotopic (exact) mass is 387 g/mol. The van der Waals surface area contributed by atoms with Crippen LogP contribution < -0.4 is 4.72 Å². The summed E-state index contributed by atoms with van der Waals surface area (Å²) in [6.07, 6.45) is 0. The molecule has 0 saturated carbocycles. The van der Waals surface area contributed by atoms with Crippen molar-refractivity contribution >= 4 is 38.3 Å². The van der Waals surface area contributed by atoms with E-state index < -0.39 is 10.0 Å². The highest BCUT2D eigenvalue weighted by atomic mass is 127. The van der Waals surface area contributed by atoms with Gasteiger partial charge in [0.15, 0.2) is 0 Å². The summed E-state index contributed by atoms with van der Waals surface area (Å²) in [6.45, 7) is 3.90. The van der Waals surface area contributed by atoms with Crippen LogP contribution in [0.1, 0.15) is 11.1 Å². The molecule has 0 aliphatic rings. The molecule has 2 aromatic carbocycles. The van der Waals surface area contributed by atoms with Crippen LogP contribution in [0.4, 0.5) is 5.69 Å². The Morgan fingerprint density at radius 2 is 1.53 bits per heavy atom. The molecule has 0 spiro atoms. The molecule has 1 N–H and O–H groups in total. The van der Waals surface area contributed by atoms with Gasteiger partial charge in [-0.3, -0.25) is 4.72 Å². The summed E-state index contributed by atoms with van der Waals surface area (Å²) in [5, 5.41) is 0. The minimum atomic E-state index is -3.52. The lowest BCUT2D eigenvalue weighted by Gasteiger charge is -2.10. The molecule has 2 rings (SSSR count). The van der Waals surface area contributed by atoms with Gasteiger partial charge in [-0.15, -0.1) is 0 Å². The van der Waals surface area contributed by atoms with E-state index in [0.29, 0.717) is 5.69 Å². The number of rotatable bonds is 3. The quantitative estimate of drug-likeness (QED) is 0.817. The van der Waals surface area contributed by atoms with E-state index in [9.17, 15) is 8.42 Å². The van der Waals surface area contributed by atoms with Gasteiger partial charge in [0.2, 0.25) is 0 Å². The highest BCUT2D eigenvalue weighted by Crippen LogP contribution is 2.22. The summed E-state index contributed by atoms with van der Waals surface area (Å²) >= 11 is 2.12. The second-order valence-electron chi connectivity index (χ2n) is 4.40. The molecular weight excluding hydrogens is 373 g/mol. The number of sulfonamides is 1. The van der Waals surface area contributed by atoms with Gasteiger partial charge in [0.05, 0.1) is 10.6 Å². The SMILES string of the molecule is Cc1ccc(S(=O)(=O)Nc2ccc(C)cc2I)cc1. The average molecular weight is 387 g/mol. The van der Waals surface area contributed by atoms with Gasteiger partial charge in [-0.2, -0.15) is 0 Å². The van der Waals surface area contributed by atoms with E-state index in [2.05, 4.69) is 27.3 Å². The fraction of sp³-hybridized carbons (Fsp3) is 0.143. The first-order valence-corrected chi connectivity index (χ1v) is 8.30. The van der Waals surface area contributed by atoms with Crippen molar-refractivity contribution in [1.29, 1.82) is 0 Å². The zero-order valence-corrected chi connectivity index (χ0v) is 13.6. The summed E-state index contributed by atoms with van der Waals surface area (Å²) in [4.78, 5) is 0.273. The molecule has 0 heterocycles. The standard InChI is InChI=1S/C14H14INO2S/c1-10-3-6-12(7-4-10)19(17,18)16-14-8-5-11(2)9-13(14)15/h3-9,16H,1-2H3. The van der Waals surface area contributed by atoms with Crippen LogP contribution in [-0.2, 0) is 10.0 Å². The van der Waals surface area contributed by atoms with E-state index in [1.165, 1.54) is 0 Å². The third kappa shape index (κ3) is 3.48. The zero-order chi connectivity index (χ0) is 14.0. The maximum atomic E-state index is 12.2. The molecule has 0 radical (unpaired) electrons. The Bertz CT molecular complexity index is 694. The molecular formula is C14H14INO2S. The number of hydrogen-bond donors (Lipinski definition) is 1. The molecule has 100 valence electrons. The van der Waals surface area contributed by atoms with Crippen LogP contribution in [0, 0.1) is 17.4 Å². The number of halogens is 1. The molecule has 3 nitrogen and oxygen atoms in total. The molecule has 0 unspecified atom stereocenters. The zero-order valence-electron chi connectivity index (χ0n) is 10.6. The lowest BCUT2D eigenvalue weighted by molar-refractivity contribution is 0.601. The molecule has 0 aliphatic carbocycles. The number of hydrogen-bond acceptors (Lipinski definition) is 2. The van der Waals surface area contributed by atoms with Crippen LogP contribution in [0.15, 0.2) is 47.4 Å². The number of benzene rings is 2. The summed E-state index contributed by atoms with van der Waals surface area (Å²) < 4.78 is 28.0. The van der Waals surface area contributed by atoms with Crippen molar-refractivity contribution in [1.82, 2.24) is 0 Å². The van der Waals surface area contributed by atoms with Crippen molar-refractivity contribution in [2.24, 2.45) is 0 Å². The Morgan fingerprint density at radius 1 is 0.947 bits per heavy atom. The van der Waals surface area contributed by atoms with Gasteiger partial charge in [0.25, 0.3) is 10.0 Å². The van der Waals surface area contributed by atoms with Crippen molar-refractivity contribution in [3.05, 3.63) is 57.2 Å². The molecule has 19 heavy (non-hydrogen) atoms. The van der Waals surface area contributed by atoms with Crippen molar-refractivity contribution in [2.75, 3.05) is 4.72 Å². The van der Waals surface area contributed by atoms with Crippen LogP contribution in [0.2, 0.25) is 0 Å². The lowest BCUT2D eigenvalue weighted by atomic mass is 10.2. The number of anilines is 1. The van der Waals surface area contributed by atoms with E-state index >= 15 is 0 Å². The van der Waals surface area contributed by atoms with Crippen LogP contribution in [-0.4, -0.2) is 8.42 Å². The van der Waals surface area contributed by atoms with E-state index in [1.54, 1.807) is 30.3 Å². The smallest absolute Gasteiger partial charge is 0.261 e. The van der Waals surface area contributed by atoms with Crippen molar-refractivity contribution in [2.45, 2.75) is 18.7 Å². The Hall–Kier alpha value is -1.08. The van der Waals surface area contributed by atoms with Crippen molar-refractivity contribution in [3.63, 3.8) is 0 Å². The number of nitrogens with one attached hydrogen (secondary N) is 1. The molecule has 0 saturated heterocycles. The van der Waals surface area contributed by atoms with Crippen molar-refractivity contribution in [3.8, 4) is 0 Å². The minimum Gasteiger partial charge on any atom is -0.279 e. The summed E-state index contributed by atoms with van der Waals surface area (Å²) in [5.41, 5.74) is 2.73. The highest BCUT2D eigenvalue weighted by Gasteiger charge is 2.15. The van der Waals surface area contributed by atoms with Gasteiger partial charge < -0.3 is 0 Å². The molecule has 2 aromatic rings. The normalized spacial score (nSPS) is 11.3. The highest BCUT2D eigenvalue weighted by molar-refractivity contribution is 14.1. The van der Waals surface area contributed by atoms with E-state index in [-0.39, 0.29) is 4.90 Å². The van der Waals surface area contributed by atoms with E-state index in [4.69, 9.17) is 0 Å². The Labute approximate surface area is 127 Å². The predicted octanol–water partition coefficient (Wildman–Crippen LogP) is 3.71. The Kier molecular flexibility index (Phi) is 4.15. The molecule has 0 fully saturated rings. The fourth-order valence-corrected chi connectivity index (χ4v) is 3.69. The van der Waals surface area contributed by atoms with Crippen LogP contribution in [0.25, 0.3) is 0 Å². The van der Waals surface area contributed by atoms with Gasteiger partial charge in [-0.25, -0.2) is 8.42 Å². The molecule has 0 aromatic heterocycles. The van der Waals surface area contributed by atoms with Gasteiger partial charge in [-0.1, -0.05) is 23.8 Å². The summed E-state index contributed by atoms with van der Waals surface area (Å²) in [5.74, 6) is 0. The van der Waals surface area contributed by atoms with Crippen LogP contribution in [0.5, 0.6) is 0 Å². The third-order valence-electron chi connectivity index (χ3n) is 2.70. The third-order valence-corrected chi connectivity index (χ3v) is 4.97. The Morgan fingerprint density at radius 3 is 2.11 bits per heavy atom. The van der Waals surface area contributed by atoms with E-state index in [0.717, 1.165) is 14.7 Å². The van der Waals surface area contributed by atoms with Gasteiger partial charge in [0, 0.05) is 3.57 Å². The van der Waals surface area contributed by atoms with Crippen LogP contribution in [0.3, 0.4) is 0 Å². The predicted molar refractivity (Wildman–Crippen MR) is 85.9 cm³/mol. The fourth-order valence-electron chi connectivity index (χ4n) is 1.62. The summed E-state index contributed by atoms with van der Waals surface area (Å²) in [6, 6.07) is 12.4. The second-order valence-corrected chi connectivity index (χ2v) is 7.25. The summed E-state index contributed by atoms with van der Waals surface area (Å²) in [7, 11) is -3.52. The van der Waals surface area contributed by atoms with Gasteiger partial charge >= 0.3 is 0 Å². The van der Waals surface area contributed by atoms with Crippen LogP contribution >= 0.6 is 22.6 Å². The second kappa shape index (κ2) is 5.50. The largest absolute Gasteiger partial charge is 0.279 e. The first kappa shape index (κ1) is 14.3. The minimum absolute atomic E-state index is 0.273. The molecule has 0 amide bonds. The maximum absolute atomic E-state index is 12.2. The maximum Gasteiger partial charge on any atom is 0.261 e. The molecule has 0 bridgehead atoms. The average Bonchev–Trinajstić information content (AvgIpc) is 2.33. The van der Waals surface area contributed by atoms with Gasteiger partial charge in [0.1, 0.15) is 0 Å². The Balaban J connectivity index is 2.33. The molecule has 0 aliphatic heterocycles.